The van der Waals surface area contributed by atoms with Crippen LogP contribution in [0, 0.1) is 0 Å². The maximum atomic E-state index is 12.4. The van der Waals surface area contributed by atoms with Crippen molar-refractivity contribution >= 4 is 17.8 Å². The van der Waals surface area contributed by atoms with Crippen LogP contribution in [0.15, 0.2) is 41.5 Å². The number of aryl methyl sites for hydroxylation is 1. The summed E-state index contributed by atoms with van der Waals surface area (Å²) in [5, 5.41) is 0. The number of nitrogens with two attached hydrogens (primary N) is 2. The van der Waals surface area contributed by atoms with Crippen molar-refractivity contribution in [2.75, 3.05) is 20.8 Å². The molecule has 0 aliphatic rings. The fourth-order valence-electron chi connectivity index (χ4n) is 2.59. The fraction of sp³-hybridized carbons (Fsp3) is 0.300. The number of benzene rings is 1. The Morgan fingerprint density at radius 2 is 1.93 bits per heavy atom. The van der Waals surface area contributed by atoms with Crippen molar-refractivity contribution in [3.05, 3.63) is 53.4 Å². The quantitative estimate of drug-likeness (QED) is 0.195. The van der Waals surface area contributed by atoms with Gasteiger partial charge in [0.15, 0.2) is 23.2 Å². The van der Waals surface area contributed by atoms with Crippen LogP contribution >= 0.6 is 0 Å². The molecule has 0 aliphatic heterocycles. The van der Waals surface area contributed by atoms with Gasteiger partial charge in [-0.2, -0.15) is 0 Å². The molecule has 1 aromatic heterocycles. The van der Waals surface area contributed by atoms with Crippen molar-refractivity contribution in [3.63, 3.8) is 0 Å². The summed E-state index contributed by atoms with van der Waals surface area (Å²) in [5.74, 6) is 1.32. The third kappa shape index (κ3) is 6.22. The molecular weight excluding hydrogens is 344 g/mol. The molecule has 7 heteroatoms. The van der Waals surface area contributed by atoms with Gasteiger partial charge in [-0.3, -0.25) is 9.79 Å². The number of rotatable bonds is 10. The normalized spacial score (nSPS) is 10.7. The van der Waals surface area contributed by atoms with Crippen molar-refractivity contribution in [2.24, 2.45) is 16.5 Å². The number of methoxy groups -OCH3 is 2. The number of carbonyl (C=O) groups is 1. The number of nitrogens with one attached hydrogen (secondary N) is 1. The number of nitrogens with zero attached hydrogens (tertiary/aromatic N) is 1. The number of H-pyrrole nitrogens is 1. The van der Waals surface area contributed by atoms with Crippen LogP contribution in [0.2, 0.25) is 0 Å². The molecular formula is C20H26N4O3. The van der Waals surface area contributed by atoms with Crippen molar-refractivity contribution in [3.8, 4) is 11.5 Å². The van der Waals surface area contributed by atoms with E-state index < -0.39 is 0 Å². The van der Waals surface area contributed by atoms with Crippen LogP contribution in [0.4, 0.5) is 0 Å². The molecule has 0 unspecified atom stereocenters. The minimum atomic E-state index is -0.0622. The summed E-state index contributed by atoms with van der Waals surface area (Å²) >= 11 is 0. The zero-order chi connectivity index (χ0) is 19.6. The zero-order valence-electron chi connectivity index (χ0n) is 15.7. The molecule has 27 heavy (non-hydrogen) atoms. The Hall–Kier alpha value is -3.22. The fourth-order valence-corrected chi connectivity index (χ4v) is 2.59. The zero-order valence-corrected chi connectivity index (χ0v) is 15.7. The maximum absolute atomic E-state index is 12.4. The van der Waals surface area contributed by atoms with E-state index in [9.17, 15) is 4.79 Å². The molecule has 0 spiro atoms. The molecule has 1 aromatic carbocycles. The van der Waals surface area contributed by atoms with E-state index in [2.05, 4.69) is 9.98 Å². The highest BCUT2D eigenvalue weighted by molar-refractivity contribution is 6.06. The summed E-state index contributed by atoms with van der Waals surface area (Å²) in [5.41, 5.74) is 13.1. The highest BCUT2D eigenvalue weighted by atomic mass is 16.5. The lowest BCUT2D eigenvalue weighted by Gasteiger charge is -2.07. The topological polar surface area (TPSA) is 116 Å². The van der Waals surface area contributed by atoms with Gasteiger partial charge in [-0.1, -0.05) is 12.1 Å². The first kappa shape index (κ1) is 20.1. The number of aromatic nitrogens is 1. The number of unbranched alkanes of at least 4 members (excludes halogenated alkanes) is 1. The number of carbonyl (C=O) groups excluding carboxylic acids is 1. The predicted octanol–water partition coefficient (Wildman–Crippen LogP) is 2.52. The molecule has 0 radical (unpaired) electrons. The van der Waals surface area contributed by atoms with E-state index in [1.165, 1.54) is 0 Å². The summed E-state index contributed by atoms with van der Waals surface area (Å²) in [6, 6.07) is 7.37. The Morgan fingerprint density at radius 3 is 2.63 bits per heavy atom. The summed E-state index contributed by atoms with van der Waals surface area (Å²) in [6.07, 6.45) is 7.70. The standard InChI is InChI=1S/C20H26N4O3/c1-26-18-9-7-14(11-19(18)27-2)6-8-17(25)15-12-16(24-13-15)5-3-4-10-23-20(21)22/h6-9,11-13,24H,3-5,10H2,1-2H3,(H4,21,22,23). The highest BCUT2D eigenvalue weighted by Gasteiger charge is 2.07. The number of hydrogen-bond acceptors (Lipinski definition) is 4. The molecule has 5 N–H and O–H groups in total. The Labute approximate surface area is 159 Å². The van der Waals surface area contributed by atoms with E-state index in [0.717, 1.165) is 30.5 Å². The monoisotopic (exact) mass is 370 g/mol. The maximum Gasteiger partial charge on any atom is 0.187 e. The van der Waals surface area contributed by atoms with Gasteiger partial charge in [0.25, 0.3) is 0 Å². The van der Waals surface area contributed by atoms with E-state index in [-0.39, 0.29) is 11.7 Å². The summed E-state index contributed by atoms with van der Waals surface area (Å²) < 4.78 is 10.5. The molecule has 0 amide bonds. The number of ketones is 1. The number of aromatic amines is 1. The Morgan fingerprint density at radius 1 is 1.15 bits per heavy atom. The van der Waals surface area contributed by atoms with Crippen LogP contribution in [-0.2, 0) is 6.42 Å². The number of guanidine groups is 1. The van der Waals surface area contributed by atoms with Gasteiger partial charge in [0.05, 0.1) is 14.2 Å². The summed E-state index contributed by atoms with van der Waals surface area (Å²) in [4.78, 5) is 19.4. The van der Waals surface area contributed by atoms with Gasteiger partial charge in [0.2, 0.25) is 0 Å². The first-order valence-corrected chi connectivity index (χ1v) is 8.70. The third-order valence-corrected chi connectivity index (χ3v) is 4.01. The Kier molecular flexibility index (Phi) is 7.49. The van der Waals surface area contributed by atoms with E-state index in [1.54, 1.807) is 38.6 Å². The van der Waals surface area contributed by atoms with E-state index in [0.29, 0.717) is 23.6 Å². The van der Waals surface area contributed by atoms with Crippen LogP contribution in [0.1, 0.15) is 34.5 Å². The second-order valence-corrected chi connectivity index (χ2v) is 5.99. The smallest absolute Gasteiger partial charge is 0.187 e. The highest BCUT2D eigenvalue weighted by Crippen LogP contribution is 2.28. The molecule has 0 atom stereocenters. The summed E-state index contributed by atoms with van der Waals surface area (Å²) in [7, 11) is 3.16. The van der Waals surface area contributed by atoms with Crippen LogP contribution in [0.5, 0.6) is 11.5 Å². The molecule has 0 fully saturated rings. The van der Waals surface area contributed by atoms with Crippen molar-refractivity contribution in [1.29, 1.82) is 0 Å². The van der Waals surface area contributed by atoms with Crippen LogP contribution in [0.25, 0.3) is 6.08 Å². The lowest BCUT2D eigenvalue weighted by atomic mass is 10.1. The average Bonchev–Trinajstić information content (AvgIpc) is 3.14. The van der Waals surface area contributed by atoms with Gasteiger partial charge in [0.1, 0.15) is 0 Å². The van der Waals surface area contributed by atoms with Crippen LogP contribution in [-0.4, -0.2) is 37.5 Å². The van der Waals surface area contributed by atoms with Gasteiger partial charge in [-0.15, -0.1) is 0 Å². The molecule has 0 bridgehead atoms. The number of allylic oxidation sites excluding steroid dienone is 1. The predicted molar refractivity (Wildman–Crippen MR) is 107 cm³/mol. The Bertz CT molecular complexity index is 820. The van der Waals surface area contributed by atoms with Crippen molar-refractivity contribution in [2.45, 2.75) is 19.3 Å². The van der Waals surface area contributed by atoms with E-state index >= 15 is 0 Å². The number of hydrogen-bond donors (Lipinski definition) is 3. The minimum absolute atomic E-state index is 0.0622. The first-order chi connectivity index (χ1) is 13.0. The lowest BCUT2D eigenvalue weighted by Crippen LogP contribution is -2.22. The molecule has 0 aliphatic carbocycles. The van der Waals surface area contributed by atoms with Gasteiger partial charge in [0, 0.05) is 24.0 Å². The second-order valence-electron chi connectivity index (χ2n) is 5.99. The molecule has 2 rings (SSSR count). The van der Waals surface area contributed by atoms with E-state index in [1.807, 2.05) is 18.2 Å². The van der Waals surface area contributed by atoms with Gasteiger partial charge < -0.3 is 25.9 Å². The molecule has 1 heterocycles. The van der Waals surface area contributed by atoms with Gasteiger partial charge >= 0.3 is 0 Å². The van der Waals surface area contributed by atoms with Crippen LogP contribution in [0.3, 0.4) is 0 Å². The molecule has 7 nitrogen and oxygen atoms in total. The SMILES string of the molecule is COc1ccc(C=CC(=O)c2c[nH]c(CCCCN=C(N)N)c2)cc1OC. The van der Waals surface area contributed by atoms with Crippen LogP contribution < -0.4 is 20.9 Å². The second kappa shape index (κ2) is 10.1. The molecule has 0 saturated heterocycles. The van der Waals surface area contributed by atoms with Crippen molar-refractivity contribution in [1.82, 2.24) is 4.98 Å². The van der Waals surface area contributed by atoms with Crippen molar-refractivity contribution < 1.29 is 14.3 Å². The molecule has 0 saturated carbocycles. The first-order valence-electron chi connectivity index (χ1n) is 8.70. The third-order valence-electron chi connectivity index (χ3n) is 4.01. The number of ether oxygens (including phenoxy) is 2. The number of aliphatic imine (C=N–C) groups is 1. The average molecular weight is 370 g/mol. The van der Waals surface area contributed by atoms with E-state index in [4.69, 9.17) is 20.9 Å². The van der Waals surface area contributed by atoms with Gasteiger partial charge in [-0.05, 0) is 49.1 Å². The Balaban J connectivity index is 1.92. The van der Waals surface area contributed by atoms with Gasteiger partial charge in [-0.25, -0.2) is 0 Å². The lowest BCUT2D eigenvalue weighted by molar-refractivity contribution is 0.104. The minimum Gasteiger partial charge on any atom is -0.493 e. The largest absolute Gasteiger partial charge is 0.493 e. The summed E-state index contributed by atoms with van der Waals surface area (Å²) in [6.45, 7) is 0.614. The molecule has 144 valence electrons. The molecule has 2 aromatic rings.